The van der Waals surface area contributed by atoms with Gasteiger partial charge in [-0.1, -0.05) is 58.8 Å². The van der Waals surface area contributed by atoms with Gasteiger partial charge in [-0.05, 0) is 94.3 Å². The average Bonchev–Trinajstić information content (AvgIpc) is 2.82. The molecule has 0 saturated heterocycles. The van der Waals surface area contributed by atoms with Gasteiger partial charge in [-0.25, -0.2) is 0 Å². The van der Waals surface area contributed by atoms with Crippen molar-refractivity contribution in [2.45, 2.75) is 130 Å². The van der Waals surface area contributed by atoms with E-state index in [9.17, 15) is 9.59 Å². The summed E-state index contributed by atoms with van der Waals surface area (Å²) in [6.45, 7) is 6.67. The molecule has 2 atom stereocenters. The number of Topliss-reactive ketones (excluding diaryl/α,β-unsaturated/α-hetero) is 1. The van der Waals surface area contributed by atoms with Gasteiger partial charge in [0.05, 0.1) is 6.61 Å². The van der Waals surface area contributed by atoms with Gasteiger partial charge in [-0.2, -0.15) is 0 Å². The molecule has 0 bridgehead atoms. The predicted molar refractivity (Wildman–Crippen MR) is 131 cm³/mol. The maximum absolute atomic E-state index is 13.0. The number of rotatable bonds is 10. The molecule has 0 aromatic heterocycles. The molecule has 3 aliphatic rings. The monoisotopic (exact) mass is 446 g/mol. The van der Waals surface area contributed by atoms with Crippen molar-refractivity contribution in [3.63, 3.8) is 0 Å². The Morgan fingerprint density at radius 3 is 1.94 bits per heavy atom. The molecule has 0 N–H and O–H groups in total. The van der Waals surface area contributed by atoms with Gasteiger partial charge in [0, 0.05) is 6.42 Å². The zero-order chi connectivity index (χ0) is 23.0. The highest BCUT2D eigenvalue weighted by atomic mass is 16.5. The average molecular weight is 447 g/mol. The van der Waals surface area contributed by atoms with Crippen LogP contribution in [0.5, 0.6) is 0 Å². The first-order chi connectivity index (χ1) is 15.5. The van der Waals surface area contributed by atoms with Crippen molar-refractivity contribution in [1.82, 2.24) is 0 Å². The van der Waals surface area contributed by atoms with Gasteiger partial charge in [-0.3, -0.25) is 9.59 Å². The van der Waals surface area contributed by atoms with Gasteiger partial charge in [0.2, 0.25) is 0 Å². The summed E-state index contributed by atoms with van der Waals surface area (Å²) in [6.07, 6.45) is 21.0. The molecule has 184 valence electrons. The van der Waals surface area contributed by atoms with Crippen molar-refractivity contribution >= 4 is 11.8 Å². The Balaban J connectivity index is 1.39. The lowest BCUT2D eigenvalue weighted by Gasteiger charge is -2.42. The maximum Gasteiger partial charge on any atom is 0.319 e. The Kier molecular flexibility index (Phi) is 10.1. The first-order valence-electron chi connectivity index (χ1n) is 14.2. The van der Waals surface area contributed by atoms with E-state index in [1.54, 1.807) is 0 Å². The number of ketones is 1. The summed E-state index contributed by atoms with van der Waals surface area (Å²) < 4.78 is 5.43. The van der Waals surface area contributed by atoms with Crippen LogP contribution in [-0.4, -0.2) is 18.4 Å². The molecule has 3 heteroatoms. The van der Waals surface area contributed by atoms with E-state index in [0.717, 1.165) is 37.0 Å². The van der Waals surface area contributed by atoms with E-state index in [1.165, 1.54) is 77.0 Å². The van der Waals surface area contributed by atoms with E-state index < -0.39 is 5.41 Å². The van der Waals surface area contributed by atoms with Crippen LogP contribution in [0.3, 0.4) is 0 Å². The van der Waals surface area contributed by atoms with E-state index >= 15 is 0 Å². The van der Waals surface area contributed by atoms with Crippen LogP contribution in [0.15, 0.2) is 0 Å². The van der Waals surface area contributed by atoms with Crippen molar-refractivity contribution in [3.8, 4) is 0 Å². The second kappa shape index (κ2) is 12.6. The summed E-state index contributed by atoms with van der Waals surface area (Å²) in [5, 5.41) is 0. The van der Waals surface area contributed by atoms with Crippen molar-refractivity contribution in [2.75, 3.05) is 6.61 Å². The van der Waals surface area contributed by atoms with Crippen LogP contribution in [0, 0.1) is 35.0 Å². The highest BCUT2D eigenvalue weighted by molar-refractivity contribution is 6.04. The molecule has 0 aliphatic heterocycles. The van der Waals surface area contributed by atoms with Crippen LogP contribution in [0.25, 0.3) is 0 Å². The summed E-state index contributed by atoms with van der Waals surface area (Å²) in [6, 6.07) is 0. The molecule has 32 heavy (non-hydrogen) atoms. The Bertz CT molecular complexity index is 583. The van der Waals surface area contributed by atoms with Gasteiger partial charge < -0.3 is 4.74 Å². The summed E-state index contributed by atoms with van der Waals surface area (Å²) in [5.74, 6) is 3.96. The van der Waals surface area contributed by atoms with Gasteiger partial charge in [0.25, 0.3) is 0 Å². The second-order valence-corrected chi connectivity index (χ2v) is 11.7. The third-order valence-corrected chi connectivity index (χ3v) is 9.52. The lowest BCUT2D eigenvalue weighted by molar-refractivity contribution is -0.162. The van der Waals surface area contributed by atoms with Crippen molar-refractivity contribution in [1.29, 1.82) is 0 Å². The lowest BCUT2D eigenvalue weighted by atomic mass is 9.62. The number of hydrogen-bond acceptors (Lipinski definition) is 3. The minimum absolute atomic E-state index is 0.138. The zero-order valence-electron chi connectivity index (χ0n) is 21.3. The topological polar surface area (TPSA) is 43.4 Å². The van der Waals surface area contributed by atoms with Gasteiger partial charge in [0.15, 0.2) is 0 Å². The van der Waals surface area contributed by atoms with Gasteiger partial charge in [-0.15, -0.1) is 0 Å². The SMILES string of the molecule is CCCCCC1CCC(C2CCC([C@@H]3CC[C@](C)(C(=O)OCCCC)C(=O)C3)CC2)CC1. The van der Waals surface area contributed by atoms with Crippen molar-refractivity contribution in [2.24, 2.45) is 35.0 Å². The minimum atomic E-state index is -0.892. The molecule has 0 aromatic rings. The summed E-state index contributed by atoms with van der Waals surface area (Å²) in [4.78, 5) is 25.5. The van der Waals surface area contributed by atoms with Crippen LogP contribution in [0.2, 0.25) is 0 Å². The van der Waals surface area contributed by atoms with Gasteiger partial charge >= 0.3 is 5.97 Å². The molecule has 3 fully saturated rings. The standard InChI is InChI=1S/C29H50O3/c1-4-6-8-9-22-10-12-23(13-11-22)24-14-16-25(17-15-24)26-18-19-29(3,27(30)21-26)28(31)32-20-7-5-2/h22-26H,4-21H2,1-3H3/t22?,23?,24?,25?,26-,29+/m1/s1. The van der Waals surface area contributed by atoms with E-state index in [4.69, 9.17) is 4.74 Å². The Morgan fingerprint density at radius 2 is 1.38 bits per heavy atom. The first-order valence-corrected chi connectivity index (χ1v) is 14.2. The summed E-state index contributed by atoms with van der Waals surface area (Å²) in [7, 11) is 0. The van der Waals surface area contributed by atoms with E-state index in [-0.39, 0.29) is 11.8 Å². The molecule has 0 amide bonds. The van der Waals surface area contributed by atoms with Crippen LogP contribution < -0.4 is 0 Å². The van der Waals surface area contributed by atoms with Gasteiger partial charge in [0.1, 0.15) is 11.2 Å². The molecule has 3 aliphatic carbocycles. The van der Waals surface area contributed by atoms with E-state index in [2.05, 4.69) is 13.8 Å². The van der Waals surface area contributed by atoms with Crippen molar-refractivity contribution in [3.05, 3.63) is 0 Å². The fourth-order valence-electron chi connectivity index (χ4n) is 6.98. The fraction of sp³-hybridized carbons (Fsp3) is 0.931. The van der Waals surface area contributed by atoms with Crippen molar-refractivity contribution < 1.29 is 14.3 Å². The summed E-state index contributed by atoms with van der Waals surface area (Å²) in [5.41, 5.74) is -0.892. The van der Waals surface area contributed by atoms with E-state index in [0.29, 0.717) is 31.3 Å². The maximum atomic E-state index is 13.0. The molecule has 0 heterocycles. The molecule has 0 radical (unpaired) electrons. The van der Waals surface area contributed by atoms with Crippen LogP contribution in [0.1, 0.15) is 130 Å². The molecule has 3 rings (SSSR count). The quantitative estimate of drug-likeness (QED) is 0.194. The van der Waals surface area contributed by atoms with E-state index in [1.807, 2.05) is 6.92 Å². The molecule has 0 aromatic carbocycles. The molecule has 0 spiro atoms. The number of hydrogen-bond donors (Lipinski definition) is 0. The normalized spacial score (nSPS) is 36.1. The predicted octanol–water partition coefficient (Wildman–Crippen LogP) is 7.90. The fourth-order valence-corrected chi connectivity index (χ4v) is 6.98. The highest BCUT2D eigenvalue weighted by Gasteiger charge is 2.47. The number of carbonyl (C=O) groups is 2. The molecular formula is C29H50O3. The lowest BCUT2D eigenvalue weighted by Crippen LogP contribution is -2.44. The Labute approximate surface area is 197 Å². The highest BCUT2D eigenvalue weighted by Crippen LogP contribution is 2.47. The number of ether oxygens (including phenoxy) is 1. The second-order valence-electron chi connectivity index (χ2n) is 11.7. The molecule has 0 unspecified atom stereocenters. The number of unbranched alkanes of at least 4 members (excludes halogenated alkanes) is 3. The summed E-state index contributed by atoms with van der Waals surface area (Å²) >= 11 is 0. The molecule has 3 nitrogen and oxygen atoms in total. The zero-order valence-corrected chi connectivity index (χ0v) is 21.3. The van der Waals surface area contributed by atoms with Crippen LogP contribution in [0.4, 0.5) is 0 Å². The Morgan fingerprint density at radius 1 is 0.812 bits per heavy atom. The van der Waals surface area contributed by atoms with Crippen LogP contribution in [-0.2, 0) is 14.3 Å². The number of esters is 1. The van der Waals surface area contributed by atoms with Crippen LogP contribution >= 0.6 is 0 Å². The molecular weight excluding hydrogens is 396 g/mol. The molecule has 3 saturated carbocycles. The largest absolute Gasteiger partial charge is 0.465 e. The Hall–Kier alpha value is -0.860. The smallest absolute Gasteiger partial charge is 0.319 e. The third-order valence-electron chi connectivity index (χ3n) is 9.52. The third kappa shape index (κ3) is 6.60. The minimum Gasteiger partial charge on any atom is -0.465 e. The number of carbonyl (C=O) groups excluding carboxylic acids is 2. The first kappa shape index (κ1) is 25.8.